The van der Waals surface area contributed by atoms with Gasteiger partial charge in [-0.15, -0.1) is 11.3 Å². The van der Waals surface area contributed by atoms with Gasteiger partial charge in [-0.3, -0.25) is 9.59 Å². The van der Waals surface area contributed by atoms with Crippen LogP contribution in [-0.4, -0.2) is 33.4 Å². The molecule has 0 aromatic carbocycles. The van der Waals surface area contributed by atoms with E-state index < -0.39 is 18.0 Å². The number of aliphatic hydroxyl groups excluding tert-OH is 1. The van der Waals surface area contributed by atoms with Crippen LogP contribution in [0, 0.1) is 0 Å². The van der Waals surface area contributed by atoms with Gasteiger partial charge >= 0.3 is 11.9 Å². The topological polar surface area (TPSA) is 94.8 Å². The number of aliphatic hydroxyl groups is 1. The minimum Gasteiger partial charge on any atom is -0.481 e. The number of hydrogen-bond donors (Lipinski definition) is 3. The van der Waals surface area contributed by atoms with Crippen LogP contribution in [0.2, 0.25) is 0 Å². The molecular weight excluding hydrogens is 352 g/mol. The highest BCUT2D eigenvalue weighted by Crippen LogP contribution is 2.13. The Morgan fingerprint density at radius 1 is 1.00 bits per heavy atom. The van der Waals surface area contributed by atoms with Crippen LogP contribution in [0.4, 0.5) is 0 Å². The zero-order chi connectivity index (χ0) is 19.6. The van der Waals surface area contributed by atoms with Crippen LogP contribution in [0.1, 0.15) is 82.4 Å². The second kappa shape index (κ2) is 17.0. The number of rotatable bonds is 14. The van der Waals surface area contributed by atoms with Crippen LogP contribution in [-0.2, 0) is 16.0 Å². The molecule has 0 saturated heterocycles. The molecule has 0 aliphatic heterocycles. The van der Waals surface area contributed by atoms with Crippen molar-refractivity contribution in [1.29, 1.82) is 0 Å². The summed E-state index contributed by atoms with van der Waals surface area (Å²) in [4.78, 5) is 21.6. The van der Waals surface area contributed by atoms with Gasteiger partial charge in [0.25, 0.3) is 0 Å². The highest BCUT2D eigenvalue weighted by Gasteiger charge is 2.09. The van der Waals surface area contributed by atoms with Crippen molar-refractivity contribution < 1.29 is 24.9 Å². The third-order valence-electron chi connectivity index (χ3n) is 3.96. The molecule has 1 aromatic rings. The first-order chi connectivity index (χ1) is 12.5. The van der Waals surface area contributed by atoms with E-state index in [0.29, 0.717) is 12.8 Å². The van der Waals surface area contributed by atoms with Crippen molar-refractivity contribution in [3.8, 4) is 0 Å². The largest absolute Gasteiger partial charge is 0.481 e. The minimum atomic E-state index is -0.946. The molecule has 150 valence electrons. The number of hydrogen-bond acceptors (Lipinski definition) is 4. The zero-order valence-electron chi connectivity index (χ0n) is 15.9. The fourth-order valence-corrected chi connectivity index (χ4v) is 3.20. The molecule has 0 aliphatic carbocycles. The molecule has 6 heteroatoms. The van der Waals surface area contributed by atoms with Gasteiger partial charge in [0.2, 0.25) is 0 Å². The molecule has 0 aliphatic rings. The first kappa shape index (κ1) is 24.6. The van der Waals surface area contributed by atoms with E-state index >= 15 is 0 Å². The van der Waals surface area contributed by atoms with Crippen molar-refractivity contribution in [2.75, 3.05) is 0 Å². The summed E-state index contributed by atoms with van der Waals surface area (Å²) in [6.45, 7) is 2.22. The van der Waals surface area contributed by atoms with Gasteiger partial charge in [-0.2, -0.15) is 0 Å². The average molecular weight is 387 g/mol. The quantitative estimate of drug-likeness (QED) is 0.386. The Labute approximate surface area is 161 Å². The Kier molecular flexibility index (Phi) is 16.1. The van der Waals surface area contributed by atoms with Gasteiger partial charge in [0, 0.05) is 11.3 Å². The lowest BCUT2D eigenvalue weighted by molar-refractivity contribution is -0.139. The smallest absolute Gasteiger partial charge is 0.305 e. The molecule has 0 bridgehead atoms. The van der Waals surface area contributed by atoms with Gasteiger partial charge in [0.1, 0.15) is 0 Å². The fourth-order valence-electron chi connectivity index (χ4n) is 2.48. The van der Waals surface area contributed by atoms with Crippen LogP contribution in [0.3, 0.4) is 0 Å². The summed E-state index contributed by atoms with van der Waals surface area (Å²) in [5.74, 6) is -1.61. The normalized spacial score (nSPS) is 11.5. The van der Waals surface area contributed by atoms with E-state index in [1.807, 2.05) is 17.5 Å². The van der Waals surface area contributed by atoms with Gasteiger partial charge in [-0.05, 0) is 30.7 Å². The molecule has 1 aromatic heterocycles. The second-order valence-corrected chi connectivity index (χ2v) is 7.52. The lowest BCUT2D eigenvalue weighted by atomic mass is 10.1. The van der Waals surface area contributed by atoms with Crippen molar-refractivity contribution in [2.24, 2.45) is 0 Å². The van der Waals surface area contributed by atoms with E-state index in [1.54, 1.807) is 11.3 Å². The molecule has 5 nitrogen and oxygen atoms in total. The molecule has 26 heavy (non-hydrogen) atoms. The first-order valence-electron chi connectivity index (χ1n) is 9.59. The number of unbranched alkanes of at least 4 members (excludes halogenated alkanes) is 7. The molecule has 1 rings (SSSR count). The lowest BCUT2D eigenvalue weighted by Crippen LogP contribution is -2.13. The maximum atomic E-state index is 10.2. The van der Waals surface area contributed by atoms with Crippen molar-refractivity contribution in [3.05, 3.63) is 22.4 Å². The van der Waals surface area contributed by atoms with Crippen molar-refractivity contribution in [1.82, 2.24) is 0 Å². The van der Waals surface area contributed by atoms with Gasteiger partial charge in [-0.1, -0.05) is 57.9 Å². The predicted octanol–water partition coefficient (Wildman–Crippen LogP) is 5.12. The number of thiophene rings is 1. The highest BCUT2D eigenvalue weighted by atomic mass is 32.1. The van der Waals surface area contributed by atoms with Crippen LogP contribution in [0.25, 0.3) is 0 Å². The number of carbonyl (C=O) groups is 2. The summed E-state index contributed by atoms with van der Waals surface area (Å²) in [5, 5.41) is 28.0. The highest BCUT2D eigenvalue weighted by molar-refractivity contribution is 7.09. The van der Waals surface area contributed by atoms with Gasteiger partial charge in [0.05, 0.1) is 12.5 Å². The molecule has 1 heterocycles. The molecule has 0 spiro atoms. The Morgan fingerprint density at radius 3 is 2.12 bits per heavy atom. The maximum absolute atomic E-state index is 10.2. The molecule has 0 radical (unpaired) electrons. The van der Waals surface area contributed by atoms with E-state index in [4.69, 9.17) is 10.2 Å². The summed E-state index contributed by atoms with van der Waals surface area (Å²) in [6, 6.07) is 3.93. The number of aryl methyl sites for hydroxylation is 1. The lowest BCUT2D eigenvalue weighted by Gasteiger charge is -2.05. The van der Waals surface area contributed by atoms with E-state index in [2.05, 4.69) is 6.92 Å². The van der Waals surface area contributed by atoms with E-state index in [1.165, 1.54) is 43.4 Å². The molecule has 1 unspecified atom stereocenters. The summed E-state index contributed by atoms with van der Waals surface area (Å²) in [7, 11) is 0. The summed E-state index contributed by atoms with van der Waals surface area (Å²) in [5.41, 5.74) is 0. The third kappa shape index (κ3) is 17.4. The number of carboxylic acids is 2. The minimum absolute atomic E-state index is 0.161. The van der Waals surface area contributed by atoms with Gasteiger partial charge < -0.3 is 15.3 Å². The third-order valence-corrected chi connectivity index (χ3v) is 4.89. The monoisotopic (exact) mass is 386 g/mol. The van der Waals surface area contributed by atoms with E-state index in [9.17, 15) is 14.7 Å². The van der Waals surface area contributed by atoms with Crippen LogP contribution in [0.5, 0.6) is 0 Å². The van der Waals surface area contributed by atoms with E-state index in [-0.39, 0.29) is 6.42 Å². The van der Waals surface area contributed by atoms with Crippen LogP contribution < -0.4 is 0 Å². The van der Waals surface area contributed by atoms with Gasteiger partial charge in [-0.25, -0.2) is 0 Å². The first-order valence-corrected chi connectivity index (χ1v) is 10.5. The Bertz CT molecular complexity index is 459. The zero-order valence-corrected chi connectivity index (χ0v) is 16.7. The Morgan fingerprint density at radius 2 is 1.62 bits per heavy atom. The van der Waals surface area contributed by atoms with Crippen molar-refractivity contribution in [2.45, 2.75) is 90.1 Å². The SMILES string of the molecule is CCCCCCCCCCC(=O)O.O=C(O)CC(O)CCc1cccs1. The number of carboxylic acid groups (broad SMARTS) is 2. The van der Waals surface area contributed by atoms with Crippen LogP contribution in [0.15, 0.2) is 17.5 Å². The van der Waals surface area contributed by atoms with Crippen LogP contribution >= 0.6 is 11.3 Å². The summed E-state index contributed by atoms with van der Waals surface area (Å²) < 4.78 is 0. The maximum Gasteiger partial charge on any atom is 0.305 e. The molecule has 0 amide bonds. The standard InChI is InChI=1S/C11H22O2.C9H12O3S/c1-2-3-4-5-6-7-8-9-10-11(12)13;10-7(6-9(11)12)3-4-8-2-1-5-13-8/h2-10H2,1H3,(H,12,13);1-2,5,7,10H,3-4,6H2,(H,11,12). The Hall–Kier alpha value is -1.40. The number of aliphatic carboxylic acids is 2. The molecule has 3 N–H and O–H groups in total. The summed E-state index contributed by atoms with van der Waals surface area (Å²) >= 11 is 1.63. The fraction of sp³-hybridized carbons (Fsp3) is 0.700. The van der Waals surface area contributed by atoms with Crippen molar-refractivity contribution >= 4 is 23.3 Å². The molecular formula is C20H34O5S. The molecule has 0 fully saturated rings. The van der Waals surface area contributed by atoms with E-state index in [0.717, 1.165) is 19.3 Å². The Balaban J connectivity index is 0.000000481. The molecule has 1 atom stereocenters. The summed E-state index contributed by atoms with van der Waals surface area (Å²) in [6.07, 6.45) is 10.4. The van der Waals surface area contributed by atoms with Gasteiger partial charge in [0.15, 0.2) is 0 Å². The second-order valence-electron chi connectivity index (χ2n) is 6.49. The van der Waals surface area contributed by atoms with Crippen molar-refractivity contribution in [3.63, 3.8) is 0 Å². The average Bonchev–Trinajstić information content (AvgIpc) is 3.09. The predicted molar refractivity (Wildman–Crippen MR) is 106 cm³/mol. The molecule has 0 saturated carbocycles.